The van der Waals surface area contributed by atoms with E-state index in [1.807, 2.05) is 24.3 Å². The molecule has 102 valence electrons. The van der Waals surface area contributed by atoms with Crippen LogP contribution in [0.1, 0.15) is 36.8 Å². The normalized spacial score (nSPS) is 18.7. The molecule has 1 aromatic rings. The molecule has 1 aliphatic rings. The van der Waals surface area contributed by atoms with E-state index in [4.69, 9.17) is 5.73 Å². The summed E-state index contributed by atoms with van der Waals surface area (Å²) in [7, 11) is 0. The van der Waals surface area contributed by atoms with Crippen molar-refractivity contribution in [3.63, 3.8) is 0 Å². The Bertz CT molecular complexity index is 481. The van der Waals surface area contributed by atoms with Crippen molar-refractivity contribution in [2.45, 2.75) is 43.8 Å². The lowest BCUT2D eigenvalue weighted by atomic mass is 10.0. The van der Waals surface area contributed by atoms with Crippen LogP contribution in [0.2, 0.25) is 0 Å². The van der Waals surface area contributed by atoms with Gasteiger partial charge in [0.15, 0.2) is 0 Å². The molecule has 4 N–H and O–H groups in total. The van der Waals surface area contributed by atoms with Crippen molar-refractivity contribution in [2.24, 2.45) is 5.73 Å². The molecule has 0 spiro atoms. The quantitative estimate of drug-likeness (QED) is 0.715. The third kappa shape index (κ3) is 4.07. The fraction of sp³-hybridized carbons (Fsp3) is 0.500. The van der Waals surface area contributed by atoms with Crippen LogP contribution in [0.3, 0.4) is 0 Å². The van der Waals surface area contributed by atoms with Gasteiger partial charge < -0.3 is 15.9 Å². The molecule has 1 saturated carbocycles. The maximum absolute atomic E-state index is 10.2. The van der Waals surface area contributed by atoms with E-state index in [1.54, 1.807) is 0 Å². The summed E-state index contributed by atoms with van der Waals surface area (Å²) in [5.74, 6) is 6.03. The van der Waals surface area contributed by atoms with Crippen molar-refractivity contribution in [2.75, 3.05) is 6.54 Å². The van der Waals surface area contributed by atoms with Crippen molar-refractivity contribution in [1.82, 2.24) is 0 Å². The van der Waals surface area contributed by atoms with Crippen molar-refractivity contribution >= 4 is 0 Å². The highest BCUT2D eigenvalue weighted by molar-refractivity contribution is 5.39. The molecular formula is C16H21NO2. The smallest absolute Gasteiger partial charge is 0.125 e. The van der Waals surface area contributed by atoms with Gasteiger partial charge in [-0.05, 0) is 49.8 Å². The lowest BCUT2D eigenvalue weighted by Gasteiger charge is -2.13. The fourth-order valence-electron chi connectivity index (χ4n) is 2.40. The van der Waals surface area contributed by atoms with Crippen molar-refractivity contribution < 1.29 is 10.2 Å². The number of benzene rings is 1. The van der Waals surface area contributed by atoms with Gasteiger partial charge >= 0.3 is 0 Å². The lowest BCUT2D eigenvalue weighted by molar-refractivity contribution is 0.110. The summed E-state index contributed by atoms with van der Waals surface area (Å²) in [5.41, 5.74) is 6.50. The molecule has 1 aliphatic carbocycles. The van der Waals surface area contributed by atoms with Gasteiger partial charge in [-0.15, -0.1) is 0 Å². The van der Waals surface area contributed by atoms with Gasteiger partial charge in [-0.2, -0.15) is 0 Å². The molecule has 1 unspecified atom stereocenters. The Hall–Kier alpha value is -1.34. The van der Waals surface area contributed by atoms with Gasteiger partial charge in [0.05, 0.1) is 6.10 Å². The van der Waals surface area contributed by atoms with Gasteiger partial charge in [-0.25, -0.2) is 0 Å². The number of rotatable bonds is 3. The number of hydrogen-bond acceptors (Lipinski definition) is 3. The second-order valence-electron chi connectivity index (χ2n) is 5.28. The van der Waals surface area contributed by atoms with Crippen LogP contribution in [-0.2, 0) is 6.42 Å². The van der Waals surface area contributed by atoms with Crippen LogP contribution in [0.4, 0.5) is 0 Å². The molecule has 0 aliphatic heterocycles. The molecule has 0 saturated heterocycles. The van der Waals surface area contributed by atoms with E-state index in [-0.39, 0.29) is 6.54 Å². The van der Waals surface area contributed by atoms with Crippen LogP contribution >= 0.6 is 0 Å². The second-order valence-corrected chi connectivity index (χ2v) is 5.28. The SMILES string of the molecule is NCC(O)Cc1cccc(C#CC2(O)CCCC2)c1. The van der Waals surface area contributed by atoms with Crippen molar-refractivity contribution in [3.05, 3.63) is 35.4 Å². The van der Waals surface area contributed by atoms with Gasteiger partial charge in [0.2, 0.25) is 0 Å². The number of aliphatic hydroxyl groups excluding tert-OH is 1. The van der Waals surface area contributed by atoms with E-state index in [2.05, 4.69) is 11.8 Å². The highest BCUT2D eigenvalue weighted by Gasteiger charge is 2.28. The standard InChI is InChI=1S/C16H21NO2/c17-12-15(18)11-14-5-3-4-13(10-14)6-9-16(19)7-1-2-8-16/h3-5,10,15,18-19H,1-2,7-8,11-12,17H2. The summed E-state index contributed by atoms with van der Waals surface area (Å²) < 4.78 is 0. The monoisotopic (exact) mass is 259 g/mol. The van der Waals surface area contributed by atoms with Crippen LogP contribution in [0.5, 0.6) is 0 Å². The maximum atomic E-state index is 10.2. The summed E-state index contributed by atoms with van der Waals surface area (Å²) in [6, 6.07) is 7.74. The predicted octanol–water partition coefficient (Wildman–Crippen LogP) is 1.21. The molecule has 0 amide bonds. The first-order valence-electron chi connectivity index (χ1n) is 6.84. The molecule has 0 aromatic heterocycles. The summed E-state index contributed by atoms with van der Waals surface area (Å²) in [6.45, 7) is 0.260. The molecule has 1 atom stereocenters. The van der Waals surface area contributed by atoms with Crippen LogP contribution in [0.25, 0.3) is 0 Å². The molecule has 0 bridgehead atoms. The highest BCUT2D eigenvalue weighted by atomic mass is 16.3. The van der Waals surface area contributed by atoms with E-state index in [0.29, 0.717) is 6.42 Å². The zero-order valence-electron chi connectivity index (χ0n) is 11.1. The average molecular weight is 259 g/mol. The second kappa shape index (κ2) is 6.21. The Labute approximate surface area is 114 Å². The average Bonchev–Trinajstić information content (AvgIpc) is 2.84. The number of nitrogens with two attached hydrogens (primary N) is 1. The Balaban J connectivity index is 2.09. The van der Waals surface area contributed by atoms with Crippen LogP contribution < -0.4 is 5.73 Å². The molecule has 0 heterocycles. The van der Waals surface area contributed by atoms with Gasteiger partial charge in [0.1, 0.15) is 5.60 Å². The predicted molar refractivity (Wildman–Crippen MR) is 75.5 cm³/mol. The van der Waals surface area contributed by atoms with Crippen molar-refractivity contribution in [3.8, 4) is 11.8 Å². The topological polar surface area (TPSA) is 66.5 Å². The van der Waals surface area contributed by atoms with E-state index in [1.165, 1.54) is 0 Å². The Morgan fingerprint density at radius 2 is 2.05 bits per heavy atom. The fourth-order valence-corrected chi connectivity index (χ4v) is 2.40. The summed E-state index contributed by atoms with van der Waals surface area (Å²) in [4.78, 5) is 0. The Kier molecular flexibility index (Phi) is 4.60. The minimum atomic E-state index is -0.799. The van der Waals surface area contributed by atoms with E-state index >= 15 is 0 Å². The van der Waals surface area contributed by atoms with Gasteiger partial charge in [-0.1, -0.05) is 24.0 Å². The summed E-state index contributed by atoms with van der Waals surface area (Å²) in [6.07, 6.45) is 3.66. The first-order valence-corrected chi connectivity index (χ1v) is 6.84. The van der Waals surface area contributed by atoms with Crippen LogP contribution in [0.15, 0.2) is 24.3 Å². The molecule has 19 heavy (non-hydrogen) atoms. The van der Waals surface area contributed by atoms with Crippen LogP contribution in [-0.4, -0.2) is 28.5 Å². The first-order chi connectivity index (χ1) is 9.11. The number of hydrogen-bond donors (Lipinski definition) is 3. The minimum Gasteiger partial charge on any atom is -0.391 e. The zero-order chi connectivity index (χ0) is 13.7. The number of aliphatic hydroxyl groups is 2. The van der Waals surface area contributed by atoms with E-state index in [9.17, 15) is 10.2 Å². The Morgan fingerprint density at radius 1 is 1.32 bits per heavy atom. The summed E-state index contributed by atoms with van der Waals surface area (Å²) >= 11 is 0. The largest absolute Gasteiger partial charge is 0.391 e. The molecule has 0 radical (unpaired) electrons. The van der Waals surface area contributed by atoms with E-state index < -0.39 is 11.7 Å². The summed E-state index contributed by atoms with van der Waals surface area (Å²) in [5, 5.41) is 19.7. The van der Waals surface area contributed by atoms with Gasteiger partial charge in [-0.3, -0.25) is 0 Å². The molecule has 3 heteroatoms. The van der Waals surface area contributed by atoms with Crippen LogP contribution in [0, 0.1) is 11.8 Å². The first kappa shape index (κ1) is 14.1. The maximum Gasteiger partial charge on any atom is 0.125 e. The molecule has 2 rings (SSSR count). The lowest BCUT2D eigenvalue weighted by Crippen LogP contribution is -2.22. The van der Waals surface area contributed by atoms with Crippen molar-refractivity contribution in [1.29, 1.82) is 0 Å². The Morgan fingerprint density at radius 3 is 2.74 bits per heavy atom. The third-order valence-corrected chi connectivity index (χ3v) is 3.54. The third-order valence-electron chi connectivity index (χ3n) is 3.54. The highest BCUT2D eigenvalue weighted by Crippen LogP contribution is 2.28. The minimum absolute atomic E-state index is 0.260. The van der Waals surface area contributed by atoms with Gasteiger partial charge in [0.25, 0.3) is 0 Å². The molecule has 3 nitrogen and oxygen atoms in total. The van der Waals surface area contributed by atoms with E-state index in [0.717, 1.165) is 36.8 Å². The zero-order valence-corrected chi connectivity index (χ0v) is 11.1. The van der Waals surface area contributed by atoms with Gasteiger partial charge in [0, 0.05) is 12.1 Å². The molecular weight excluding hydrogens is 238 g/mol. The molecule has 1 aromatic carbocycles. The molecule has 1 fully saturated rings.